The number of carbonyl (C=O) groups is 1. The highest BCUT2D eigenvalue weighted by molar-refractivity contribution is 5.98. The van der Waals surface area contributed by atoms with Crippen molar-refractivity contribution in [3.8, 4) is 17.6 Å². The van der Waals surface area contributed by atoms with Crippen LogP contribution in [0.1, 0.15) is 42.5 Å². The van der Waals surface area contributed by atoms with Crippen molar-refractivity contribution < 1.29 is 14.6 Å². The second kappa shape index (κ2) is 5.83. The molecule has 20 heavy (non-hydrogen) atoms. The first-order valence-electron chi connectivity index (χ1n) is 6.71. The average molecular weight is 274 g/mol. The number of aromatic hydroxyl groups is 1. The van der Waals surface area contributed by atoms with Gasteiger partial charge in [0.05, 0.1) is 18.7 Å². The zero-order valence-corrected chi connectivity index (χ0v) is 11.5. The number of hydrogen-bond donors (Lipinski definition) is 2. The van der Waals surface area contributed by atoms with Crippen LogP contribution in [0, 0.1) is 11.3 Å². The molecule has 1 aromatic rings. The van der Waals surface area contributed by atoms with Crippen LogP contribution in [0.4, 0.5) is 0 Å². The van der Waals surface area contributed by atoms with Crippen molar-refractivity contribution in [3.05, 3.63) is 23.8 Å². The number of amides is 1. The van der Waals surface area contributed by atoms with Gasteiger partial charge in [-0.3, -0.25) is 4.79 Å². The lowest BCUT2D eigenvalue weighted by Crippen LogP contribution is -2.48. The topological polar surface area (TPSA) is 82.3 Å². The van der Waals surface area contributed by atoms with E-state index < -0.39 is 11.4 Å². The average Bonchev–Trinajstić information content (AvgIpc) is 2.48. The van der Waals surface area contributed by atoms with Crippen LogP contribution in [-0.2, 0) is 0 Å². The van der Waals surface area contributed by atoms with Crippen LogP contribution >= 0.6 is 0 Å². The Balaban J connectivity index is 2.22. The number of benzene rings is 1. The van der Waals surface area contributed by atoms with E-state index in [1.165, 1.54) is 13.2 Å². The predicted octanol–water partition coefficient (Wildman–Crippen LogP) is 2.36. The summed E-state index contributed by atoms with van der Waals surface area (Å²) in [6.45, 7) is 0. The molecule has 2 rings (SSSR count). The highest BCUT2D eigenvalue weighted by atomic mass is 16.5. The number of phenols is 1. The Kier molecular flexibility index (Phi) is 4.14. The van der Waals surface area contributed by atoms with Crippen LogP contribution in [0.25, 0.3) is 0 Å². The largest absolute Gasteiger partial charge is 0.504 e. The molecule has 1 fully saturated rings. The van der Waals surface area contributed by atoms with Gasteiger partial charge in [0.2, 0.25) is 0 Å². The third kappa shape index (κ3) is 2.69. The fraction of sp³-hybridized carbons (Fsp3) is 0.467. The second-order valence-electron chi connectivity index (χ2n) is 5.07. The highest BCUT2D eigenvalue weighted by Gasteiger charge is 2.34. The summed E-state index contributed by atoms with van der Waals surface area (Å²) in [5, 5.41) is 22.1. The summed E-state index contributed by atoms with van der Waals surface area (Å²) in [7, 11) is 1.43. The lowest BCUT2D eigenvalue weighted by Gasteiger charge is -2.31. The molecule has 0 heterocycles. The summed E-state index contributed by atoms with van der Waals surface area (Å²) in [6.07, 6.45) is 4.25. The number of nitrogens with zero attached hydrogens (tertiary/aromatic N) is 1. The van der Waals surface area contributed by atoms with Gasteiger partial charge < -0.3 is 15.2 Å². The molecule has 0 aliphatic heterocycles. The highest BCUT2D eigenvalue weighted by Crippen LogP contribution is 2.31. The standard InChI is InChI=1S/C15H18N2O3/c1-20-12-7-5-6-11(13(12)18)14(19)17-15(10-16)8-3-2-4-9-15/h5-7,18H,2-4,8-9H2,1H3,(H,17,19). The summed E-state index contributed by atoms with van der Waals surface area (Å²) in [5.41, 5.74) is -0.685. The molecule has 5 heteroatoms. The van der Waals surface area contributed by atoms with E-state index in [1.54, 1.807) is 12.1 Å². The molecule has 1 aromatic carbocycles. The van der Waals surface area contributed by atoms with Gasteiger partial charge in [-0.1, -0.05) is 25.3 Å². The molecule has 0 unspecified atom stereocenters. The summed E-state index contributed by atoms with van der Waals surface area (Å²) in [6, 6.07) is 6.94. The van der Waals surface area contributed by atoms with Crippen molar-refractivity contribution >= 4 is 5.91 Å². The van der Waals surface area contributed by atoms with Crippen LogP contribution in [0.15, 0.2) is 18.2 Å². The summed E-state index contributed by atoms with van der Waals surface area (Å²) < 4.78 is 4.98. The molecule has 0 radical (unpaired) electrons. The molecule has 1 saturated carbocycles. The van der Waals surface area contributed by atoms with E-state index in [2.05, 4.69) is 11.4 Å². The monoisotopic (exact) mass is 274 g/mol. The van der Waals surface area contributed by atoms with E-state index in [4.69, 9.17) is 4.74 Å². The van der Waals surface area contributed by atoms with Crippen LogP contribution < -0.4 is 10.1 Å². The second-order valence-corrected chi connectivity index (χ2v) is 5.07. The molecule has 5 nitrogen and oxygen atoms in total. The molecule has 0 atom stereocenters. The Morgan fingerprint density at radius 3 is 2.70 bits per heavy atom. The van der Waals surface area contributed by atoms with Gasteiger partial charge in [0.1, 0.15) is 5.54 Å². The van der Waals surface area contributed by atoms with Crippen LogP contribution in [-0.4, -0.2) is 23.7 Å². The Labute approximate surface area is 118 Å². The molecule has 0 aromatic heterocycles. The van der Waals surface area contributed by atoms with Gasteiger partial charge in [-0.15, -0.1) is 0 Å². The number of hydrogen-bond acceptors (Lipinski definition) is 4. The molecule has 1 amide bonds. The normalized spacial score (nSPS) is 17.0. The van der Waals surface area contributed by atoms with Crippen LogP contribution in [0.3, 0.4) is 0 Å². The van der Waals surface area contributed by atoms with Gasteiger partial charge in [0.15, 0.2) is 11.5 Å². The number of methoxy groups -OCH3 is 1. The maximum absolute atomic E-state index is 12.3. The Bertz CT molecular complexity index is 543. The van der Waals surface area contributed by atoms with E-state index in [0.717, 1.165) is 19.3 Å². The molecule has 2 N–H and O–H groups in total. The van der Waals surface area contributed by atoms with E-state index in [9.17, 15) is 15.2 Å². The minimum Gasteiger partial charge on any atom is -0.504 e. The van der Waals surface area contributed by atoms with Crippen molar-refractivity contribution in [1.82, 2.24) is 5.32 Å². The Morgan fingerprint density at radius 1 is 1.40 bits per heavy atom. The number of nitrogens with one attached hydrogen (secondary N) is 1. The fourth-order valence-electron chi connectivity index (χ4n) is 2.58. The van der Waals surface area contributed by atoms with Gasteiger partial charge in [-0.25, -0.2) is 0 Å². The number of phenolic OH excluding ortho intramolecular Hbond substituents is 1. The summed E-state index contributed by atoms with van der Waals surface area (Å²) >= 11 is 0. The van der Waals surface area contributed by atoms with Gasteiger partial charge in [0.25, 0.3) is 5.91 Å². The van der Waals surface area contributed by atoms with Crippen molar-refractivity contribution in [3.63, 3.8) is 0 Å². The van der Waals surface area contributed by atoms with Crippen molar-refractivity contribution in [2.75, 3.05) is 7.11 Å². The van der Waals surface area contributed by atoms with E-state index in [1.807, 2.05) is 0 Å². The number of carbonyl (C=O) groups excluding carboxylic acids is 1. The number of rotatable bonds is 3. The Morgan fingerprint density at radius 2 is 2.10 bits per heavy atom. The quantitative estimate of drug-likeness (QED) is 0.886. The van der Waals surface area contributed by atoms with E-state index in [-0.39, 0.29) is 17.1 Å². The molecular formula is C15H18N2O3. The molecular weight excluding hydrogens is 256 g/mol. The SMILES string of the molecule is COc1cccc(C(=O)NC2(C#N)CCCCC2)c1O. The van der Waals surface area contributed by atoms with Gasteiger partial charge in [-0.05, 0) is 25.0 Å². The number of para-hydroxylation sites is 1. The number of ether oxygens (including phenoxy) is 1. The lowest BCUT2D eigenvalue weighted by molar-refractivity contribution is 0.0899. The van der Waals surface area contributed by atoms with Gasteiger partial charge >= 0.3 is 0 Å². The maximum atomic E-state index is 12.3. The molecule has 1 aliphatic rings. The maximum Gasteiger partial charge on any atom is 0.256 e. The van der Waals surface area contributed by atoms with Gasteiger partial charge in [0, 0.05) is 0 Å². The molecule has 1 aliphatic carbocycles. The zero-order valence-electron chi connectivity index (χ0n) is 11.5. The predicted molar refractivity (Wildman–Crippen MR) is 73.6 cm³/mol. The minimum atomic E-state index is -0.815. The molecule has 0 saturated heterocycles. The summed E-state index contributed by atoms with van der Waals surface area (Å²) in [5.74, 6) is -0.395. The van der Waals surface area contributed by atoms with E-state index >= 15 is 0 Å². The Hall–Kier alpha value is -2.22. The van der Waals surface area contributed by atoms with Gasteiger partial charge in [-0.2, -0.15) is 5.26 Å². The fourth-order valence-corrected chi connectivity index (χ4v) is 2.58. The third-order valence-corrected chi connectivity index (χ3v) is 3.74. The molecule has 106 valence electrons. The minimum absolute atomic E-state index is 0.129. The smallest absolute Gasteiger partial charge is 0.256 e. The van der Waals surface area contributed by atoms with Crippen LogP contribution in [0.5, 0.6) is 11.5 Å². The first-order valence-corrected chi connectivity index (χ1v) is 6.71. The molecule has 0 bridgehead atoms. The van der Waals surface area contributed by atoms with Crippen molar-refractivity contribution in [2.24, 2.45) is 0 Å². The number of nitriles is 1. The third-order valence-electron chi connectivity index (χ3n) is 3.74. The lowest BCUT2D eigenvalue weighted by atomic mass is 9.82. The van der Waals surface area contributed by atoms with Crippen molar-refractivity contribution in [2.45, 2.75) is 37.6 Å². The molecule has 0 spiro atoms. The van der Waals surface area contributed by atoms with Crippen molar-refractivity contribution in [1.29, 1.82) is 5.26 Å². The van der Waals surface area contributed by atoms with E-state index in [0.29, 0.717) is 12.8 Å². The van der Waals surface area contributed by atoms with Crippen LogP contribution in [0.2, 0.25) is 0 Å². The summed E-state index contributed by atoms with van der Waals surface area (Å²) in [4.78, 5) is 12.3. The first-order chi connectivity index (χ1) is 9.62. The zero-order chi connectivity index (χ0) is 14.6. The first kappa shape index (κ1) is 14.2.